The first-order valence-corrected chi connectivity index (χ1v) is 9.58. The molecule has 4 rings (SSSR count). The summed E-state index contributed by atoms with van der Waals surface area (Å²) < 4.78 is 18.4. The largest absolute Gasteiger partial charge is 0.370 e. The molecule has 2 aromatic rings. The molecule has 2 saturated heterocycles. The van der Waals surface area contributed by atoms with E-state index in [9.17, 15) is 14.4 Å². The highest BCUT2D eigenvalue weighted by Gasteiger charge is 2.35. The molecule has 1 aromatic heterocycles. The van der Waals surface area contributed by atoms with Crippen molar-refractivity contribution in [3.05, 3.63) is 41.3 Å². The normalized spacial score (nSPS) is 20.4. The molecule has 0 saturated carbocycles. The Morgan fingerprint density at radius 1 is 1.29 bits per heavy atom. The van der Waals surface area contributed by atoms with Crippen LogP contribution in [0.2, 0.25) is 0 Å². The minimum absolute atomic E-state index is 0.0204. The molecule has 3 heterocycles. The van der Waals surface area contributed by atoms with Gasteiger partial charge in [0.25, 0.3) is 0 Å². The molecular weight excluding hydrogens is 361 g/mol. The van der Waals surface area contributed by atoms with E-state index in [0.29, 0.717) is 43.5 Å². The number of nitrogens with zero attached hydrogens (tertiary/aromatic N) is 5. The predicted molar refractivity (Wildman–Crippen MR) is 99.0 cm³/mol. The number of piperidine rings is 1. The summed E-state index contributed by atoms with van der Waals surface area (Å²) in [6, 6.07) is 6.34. The van der Waals surface area contributed by atoms with E-state index in [1.165, 1.54) is 12.1 Å². The van der Waals surface area contributed by atoms with Crippen LogP contribution in [-0.4, -0.2) is 47.1 Å². The van der Waals surface area contributed by atoms with E-state index < -0.39 is 5.82 Å². The maximum atomic E-state index is 13.4. The summed E-state index contributed by atoms with van der Waals surface area (Å²) in [5.74, 6) is 1.12. The van der Waals surface area contributed by atoms with Gasteiger partial charge in [0.1, 0.15) is 11.9 Å². The van der Waals surface area contributed by atoms with Crippen molar-refractivity contribution in [2.75, 3.05) is 31.1 Å². The lowest BCUT2D eigenvalue weighted by Gasteiger charge is -2.35. The lowest BCUT2D eigenvalue weighted by molar-refractivity contribution is -0.135. The van der Waals surface area contributed by atoms with Crippen molar-refractivity contribution in [3.63, 3.8) is 0 Å². The number of carbonyl (C=O) groups excluding carboxylic acids is 1. The Hall–Kier alpha value is -2.95. The van der Waals surface area contributed by atoms with Crippen molar-refractivity contribution in [1.82, 2.24) is 15.0 Å². The van der Waals surface area contributed by atoms with Crippen LogP contribution < -0.4 is 4.90 Å². The Kier molecular flexibility index (Phi) is 4.99. The molecule has 1 atom stereocenters. The molecule has 0 aliphatic carbocycles. The third kappa shape index (κ3) is 3.57. The summed E-state index contributed by atoms with van der Waals surface area (Å²) >= 11 is 0. The second kappa shape index (κ2) is 7.58. The molecule has 2 aliphatic rings. The van der Waals surface area contributed by atoms with Gasteiger partial charge >= 0.3 is 0 Å². The Morgan fingerprint density at radius 3 is 2.75 bits per heavy atom. The number of benzene rings is 1. The molecule has 1 aromatic carbocycles. The van der Waals surface area contributed by atoms with Crippen LogP contribution in [0.15, 0.2) is 22.7 Å². The number of likely N-dealkylation sites (tertiary alicyclic amines) is 1. The molecule has 0 bridgehead atoms. The van der Waals surface area contributed by atoms with E-state index in [4.69, 9.17) is 4.52 Å². The number of halogens is 1. The molecule has 2 fully saturated rings. The first-order valence-electron chi connectivity index (χ1n) is 9.58. The minimum Gasteiger partial charge on any atom is -0.370 e. The second-order valence-electron chi connectivity index (χ2n) is 7.48. The van der Waals surface area contributed by atoms with Crippen LogP contribution >= 0.6 is 0 Å². The SMILES string of the molecule is Cc1nc(C2CCN(C(=O)C3CCN(c4ccc(F)cc4C#N)CC3)C2)no1. The van der Waals surface area contributed by atoms with E-state index in [2.05, 4.69) is 21.1 Å². The third-order valence-corrected chi connectivity index (χ3v) is 5.67. The summed E-state index contributed by atoms with van der Waals surface area (Å²) in [7, 11) is 0. The number of amides is 1. The number of hydrogen-bond acceptors (Lipinski definition) is 6. The molecule has 0 spiro atoms. The summed E-state index contributed by atoms with van der Waals surface area (Å²) in [4.78, 5) is 21.2. The number of rotatable bonds is 3. The highest BCUT2D eigenvalue weighted by molar-refractivity contribution is 5.79. The van der Waals surface area contributed by atoms with E-state index in [-0.39, 0.29) is 17.7 Å². The van der Waals surface area contributed by atoms with Gasteiger partial charge in [-0.1, -0.05) is 5.16 Å². The van der Waals surface area contributed by atoms with Crippen LogP contribution in [0.25, 0.3) is 0 Å². The van der Waals surface area contributed by atoms with E-state index >= 15 is 0 Å². The van der Waals surface area contributed by atoms with Crippen molar-refractivity contribution in [2.24, 2.45) is 5.92 Å². The fraction of sp³-hybridized carbons (Fsp3) is 0.500. The van der Waals surface area contributed by atoms with Gasteiger partial charge in [0.2, 0.25) is 11.8 Å². The lowest BCUT2D eigenvalue weighted by Crippen LogP contribution is -2.42. The second-order valence-corrected chi connectivity index (χ2v) is 7.48. The molecule has 146 valence electrons. The van der Waals surface area contributed by atoms with Crippen LogP contribution in [0.4, 0.5) is 10.1 Å². The van der Waals surface area contributed by atoms with Crippen molar-refractivity contribution < 1.29 is 13.7 Å². The van der Waals surface area contributed by atoms with Gasteiger partial charge < -0.3 is 14.3 Å². The standard InChI is InChI=1S/C20H22FN5O2/c1-13-23-19(24-28-13)15-6-9-26(12-15)20(27)14-4-7-25(8-5-14)18-3-2-17(21)10-16(18)11-22/h2-3,10,14-15H,4-9,12H2,1H3. The van der Waals surface area contributed by atoms with Crippen molar-refractivity contribution in [1.29, 1.82) is 5.26 Å². The van der Waals surface area contributed by atoms with Crippen LogP contribution in [0, 0.1) is 30.0 Å². The number of carbonyl (C=O) groups is 1. The molecule has 0 N–H and O–H groups in total. The maximum absolute atomic E-state index is 13.4. The number of nitriles is 1. The number of hydrogen-bond donors (Lipinski definition) is 0. The fourth-order valence-corrected chi connectivity index (χ4v) is 4.15. The van der Waals surface area contributed by atoms with Gasteiger partial charge in [0.15, 0.2) is 5.82 Å². The van der Waals surface area contributed by atoms with Crippen LogP contribution in [0.1, 0.15) is 42.5 Å². The highest BCUT2D eigenvalue weighted by Crippen LogP contribution is 2.31. The van der Waals surface area contributed by atoms with E-state index in [1.807, 2.05) is 4.90 Å². The van der Waals surface area contributed by atoms with Crippen molar-refractivity contribution in [2.45, 2.75) is 32.1 Å². The fourth-order valence-electron chi connectivity index (χ4n) is 4.15. The highest BCUT2D eigenvalue weighted by atomic mass is 19.1. The van der Waals surface area contributed by atoms with Gasteiger partial charge in [-0.3, -0.25) is 4.79 Å². The summed E-state index contributed by atoms with van der Waals surface area (Å²) in [6.07, 6.45) is 2.30. The Labute approximate surface area is 162 Å². The van der Waals surface area contributed by atoms with Gasteiger partial charge in [0.05, 0.1) is 11.3 Å². The number of aryl methyl sites for hydroxylation is 1. The average Bonchev–Trinajstić information content (AvgIpc) is 3.36. The first-order chi connectivity index (χ1) is 13.5. The third-order valence-electron chi connectivity index (χ3n) is 5.67. The molecule has 7 nitrogen and oxygen atoms in total. The summed E-state index contributed by atoms with van der Waals surface area (Å²) in [6.45, 7) is 4.47. The van der Waals surface area contributed by atoms with Crippen molar-refractivity contribution >= 4 is 11.6 Å². The zero-order valence-electron chi connectivity index (χ0n) is 15.8. The number of aromatic nitrogens is 2. The van der Waals surface area contributed by atoms with E-state index in [1.54, 1.807) is 13.0 Å². The van der Waals surface area contributed by atoms with E-state index in [0.717, 1.165) is 24.9 Å². The van der Waals surface area contributed by atoms with Gasteiger partial charge in [-0.05, 0) is 37.5 Å². The molecular formula is C20H22FN5O2. The molecule has 1 amide bonds. The summed E-state index contributed by atoms with van der Waals surface area (Å²) in [5, 5.41) is 13.2. The minimum atomic E-state index is -0.411. The van der Waals surface area contributed by atoms with Gasteiger partial charge in [0, 0.05) is 44.9 Å². The zero-order valence-corrected chi connectivity index (χ0v) is 15.8. The van der Waals surface area contributed by atoms with Gasteiger partial charge in [-0.25, -0.2) is 4.39 Å². The van der Waals surface area contributed by atoms with Gasteiger partial charge in [-0.15, -0.1) is 0 Å². The maximum Gasteiger partial charge on any atom is 0.225 e. The monoisotopic (exact) mass is 383 g/mol. The lowest BCUT2D eigenvalue weighted by atomic mass is 9.94. The van der Waals surface area contributed by atoms with Crippen LogP contribution in [0.5, 0.6) is 0 Å². The molecule has 8 heteroatoms. The topological polar surface area (TPSA) is 86.3 Å². The Morgan fingerprint density at radius 2 is 2.07 bits per heavy atom. The summed E-state index contributed by atoms with van der Waals surface area (Å²) in [5.41, 5.74) is 1.08. The Balaban J connectivity index is 1.35. The molecule has 28 heavy (non-hydrogen) atoms. The quantitative estimate of drug-likeness (QED) is 0.810. The predicted octanol–water partition coefficient (Wildman–Crippen LogP) is 2.62. The zero-order chi connectivity index (χ0) is 19.7. The first kappa shape index (κ1) is 18.4. The van der Waals surface area contributed by atoms with Crippen LogP contribution in [0.3, 0.4) is 0 Å². The van der Waals surface area contributed by atoms with Crippen molar-refractivity contribution in [3.8, 4) is 6.07 Å². The Bertz CT molecular complexity index is 914. The molecule has 2 aliphatic heterocycles. The molecule has 0 radical (unpaired) electrons. The molecule has 1 unspecified atom stereocenters. The van der Waals surface area contributed by atoms with Gasteiger partial charge in [-0.2, -0.15) is 10.2 Å². The average molecular weight is 383 g/mol. The number of anilines is 1. The smallest absolute Gasteiger partial charge is 0.225 e. The van der Waals surface area contributed by atoms with Crippen LogP contribution in [-0.2, 0) is 4.79 Å².